The molecule has 0 saturated carbocycles. The topological polar surface area (TPSA) is 40.5 Å². The van der Waals surface area contributed by atoms with Crippen LogP contribution in [0.3, 0.4) is 0 Å². The first-order valence-corrected chi connectivity index (χ1v) is 6.16. The van der Waals surface area contributed by atoms with Gasteiger partial charge >= 0.3 is 0 Å². The lowest BCUT2D eigenvalue weighted by Gasteiger charge is -2.06. The fourth-order valence-corrected chi connectivity index (χ4v) is 1.65. The second kappa shape index (κ2) is 6.75. The summed E-state index contributed by atoms with van der Waals surface area (Å²) in [6.45, 7) is 0.918. The normalized spacial score (nSPS) is 10.4. The SMILES string of the molecule is Cn1ccc(C(=O)COCCOc2ccccc2)c1. The molecule has 19 heavy (non-hydrogen) atoms. The Kier molecular flexibility index (Phi) is 4.75. The quantitative estimate of drug-likeness (QED) is 0.566. The van der Waals surface area contributed by atoms with Gasteiger partial charge in [-0.15, -0.1) is 0 Å². The number of hydrogen-bond donors (Lipinski definition) is 0. The number of aryl methyl sites for hydroxylation is 1. The van der Waals surface area contributed by atoms with Crippen molar-refractivity contribution in [3.05, 3.63) is 54.4 Å². The Bertz CT molecular complexity index is 519. The lowest BCUT2D eigenvalue weighted by molar-refractivity contribution is 0.0688. The van der Waals surface area contributed by atoms with Crippen LogP contribution in [-0.4, -0.2) is 30.2 Å². The molecule has 0 fully saturated rings. The maximum Gasteiger partial charge on any atom is 0.189 e. The summed E-state index contributed by atoms with van der Waals surface area (Å²) in [7, 11) is 1.88. The van der Waals surface area contributed by atoms with E-state index in [0.29, 0.717) is 18.8 Å². The number of carbonyl (C=O) groups excluding carboxylic acids is 1. The van der Waals surface area contributed by atoms with Gasteiger partial charge in [-0.3, -0.25) is 4.79 Å². The molecule has 0 bridgehead atoms. The number of hydrogen-bond acceptors (Lipinski definition) is 3. The summed E-state index contributed by atoms with van der Waals surface area (Å²) in [5, 5.41) is 0. The largest absolute Gasteiger partial charge is 0.491 e. The van der Waals surface area contributed by atoms with E-state index in [1.165, 1.54) is 0 Å². The molecule has 0 aliphatic heterocycles. The predicted octanol–water partition coefficient (Wildman–Crippen LogP) is 2.30. The standard InChI is InChI=1S/C15H17NO3/c1-16-8-7-13(11-16)15(17)12-18-9-10-19-14-5-3-2-4-6-14/h2-8,11H,9-10,12H2,1H3. The van der Waals surface area contributed by atoms with Crippen LogP contribution >= 0.6 is 0 Å². The van der Waals surface area contributed by atoms with Crippen molar-refractivity contribution < 1.29 is 14.3 Å². The van der Waals surface area contributed by atoms with Crippen LogP contribution in [0.15, 0.2) is 48.8 Å². The van der Waals surface area contributed by atoms with Crippen molar-refractivity contribution in [2.75, 3.05) is 19.8 Å². The highest BCUT2D eigenvalue weighted by Gasteiger charge is 2.06. The number of benzene rings is 1. The zero-order chi connectivity index (χ0) is 13.5. The van der Waals surface area contributed by atoms with Gasteiger partial charge in [0.15, 0.2) is 5.78 Å². The molecule has 0 aliphatic rings. The van der Waals surface area contributed by atoms with Crippen molar-refractivity contribution in [3.8, 4) is 5.75 Å². The van der Waals surface area contributed by atoms with Gasteiger partial charge in [0.05, 0.1) is 6.61 Å². The van der Waals surface area contributed by atoms with Gasteiger partial charge in [-0.2, -0.15) is 0 Å². The number of aromatic nitrogens is 1. The average Bonchev–Trinajstić information content (AvgIpc) is 2.86. The monoisotopic (exact) mass is 259 g/mol. The van der Waals surface area contributed by atoms with E-state index in [0.717, 1.165) is 5.75 Å². The average molecular weight is 259 g/mol. The van der Waals surface area contributed by atoms with Crippen LogP contribution < -0.4 is 4.74 Å². The van der Waals surface area contributed by atoms with Crippen LogP contribution in [0.4, 0.5) is 0 Å². The molecule has 2 rings (SSSR count). The predicted molar refractivity (Wildman–Crippen MR) is 72.5 cm³/mol. The number of para-hydroxylation sites is 1. The summed E-state index contributed by atoms with van der Waals surface area (Å²) in [4.78, 5) is 11.7. The number of carbonyl (C=O) groups is 1. The molecule has 1 heterocycles. The van der Waals surface area contributed by atoms with Gasteiger partial charge in [-0.1, -0.05) is 18.2 Å². The lowest BCUT2D eigenvalue weighted by atomic mass is 10.2. The van der Waals surface area contributed by atoms with Crippen LogP contribution in [-0.2, 0) is 11.8 Å². The molecule has 1 aromatic carbocycles. The van der Waals surface area contributed by atoms with Gasteiger partial charge in [0, 0.05) is 25.0 Å². The third kappa shape index (κ3) is 4.26. The number of Topliss-reactive ketones (excluding diaryl/α,β-unsaturated/α-hetero) is 1. The summed E-state index contributed by atoms with van der Waals surface area (Å²) in [6, 6.07) is 11.3. The Hall–Kier alpha value is -2.07. The van der Waals surface area contributed by atoms with E-state index in [2.05, 4.69) is 0 Å². The van der Waals surface area contributed by atoms with Crippen LogP contribution in [0, 0.1) is 0 Å². The Morgan fingerprint density at radius 1 is 1.16 bits per heavy atom. The summed E-state index contributed by atoms with van der Waals surface area (Å²) >= 11 is 0. The highest BCUT2D eigenvalue weighted by Crippen LogP contribution is 2.07. The van der Waals surface area contributed by atoms with Crippen molar-refractivity contribution in [2.24, 2.45) is 7.05 Å². The smallest absolute Gasteiger partial charge is 0.189 e. The molecule has 0 radical (unpaired) electrons. The van der Waals surface area contributed by atoms with Gasteiger partial charge < -0.3 is 14.0 Å². The van der Waals surface area contributed by atoms with Gasteiger partial charge in [-0.25, -0.2) is 0 Å². The summed E-state index contributed by atoms with van der Waals surface area (Å²) in [6.07, 6.45) is 3.62. The molecule has 0 atom stereocenters. The summed E-state index contributed by atoms with van der Waals surface area (Å²) in [5.74, 6) is 0.792. The zero-order valence-corrected chi connectivity index (χ0v) is 10.9. The fourth-order valence-electron chi connectivity index (χ4n) is 1.65. The second-order valence-electron chi connectivity index (χ2n) is 4.20. The van der Waals surface area contributed by atoms with E-state index in [4.69, 9.17) is 9.47 Å². The van der Waals surface area contributed by atoms with E-state index in [-0.39, 0.29) is 12.4 Å². The minimum atomic E-state index is -0.0136. The van der Waals surface area contributed by atoms with Crippen LogP contribution in [0.5, 0.6) is 5.75 Å². The molecular formula is C15H17NO3. The number of nitrogens with zero attached hydrogens (tertiary/aromatic N) is 1. The van der Waals surface area contributed by atoms with Crippen LogP contribution in [0.1, 0.15) is 10.4 Å². The fraction of sp³-hybridized carbons (Fsp3) is 0.267. The molecule has 1 aromatic heterocycles. The van der Waals surface area contributed by atoms with E-state index in [1.807, 2.05) is 48.1 Å². The van der Waals surface area contributed by atoms with E-state index in [1.54, 1.807) is 12.3 Å². The Balaban J connectivity index is 1.63. The molecule has 0 unspecified atom stereocenters. The van der Waals surface area contributed by atoms with Gasteiger partial charge in [-0.05, 0) is 18.2 Å². The highest BCUT2D eigenvalue weighted by molar-refractivity contribution is 5.96. The molecule has 4 heteroatoms. The van der Waals surface area contributed by atoms with Crippen molar-refractivity contribution in [1.82, 2.24) is 4.57 Å². The van der Waals surface area contributed by atoms with E-state index >= 15 is 0 Å². The minimum absolute atomic E-state index is 0.0136. The first-order chi connectivity index (χ1) is 9.25. The zero-order valence-electron chi connectivity index (χ0n) is 10.9. The third-order valence-corrected chi connectivity index (χ3v) is 2.63. The molecule has 100 valence electrons. The minimum Gasteiger partial charge on any atom is -0.491 e. The molecule has 0 aliphatic carbocycles. The van der Waals surface area contributed by atoms with Crippen molar-refractivity contribution in [2.45, 2.75) is 0 Å². The molecule has 0 amide bonds. The number of rotatable bonds is 7. The molecule has 0 spiro atoms. The highest BCUT2D eigenvalue weighted by atomic mass is 16.5. The van der Waals surface area contributed by atoms with Crippen LogP contribution in [0.25, 0.3) is 0 Å². The molecule has 4 nitrogen and oxygen atoms in total. The number of ketones is 1. The van der Waals surface area contributed by atoms with Gasteiger partial charge in [0.1, 0.15) is 19.0 Å². The van der Waals surface area contributed by atoms with Crippen molar-refractivity contribution >= 4 is 5.78 Å². The third-order valence-electron chi connectivity index (χ3n) is 2.63. The van der Waals surface area contributed by atoms with Crippen LogP contribution in [0.2, 0.25) is 0 Å². The van der Waals surface area contributed by atoms with E-state index in [9.17, 15) is 4.79 Å². The lowest BCUT2D eigenvalue weighted by Crippen LogP contribution is -2.13. The Morgan fingerprint density at radius 3 is 2.63 bits per heavy atom. The summed E-state index contributed by atoms with van der Waals surface area (Å²) < 4.78 is 12.6. The van der Waals surface area contributed by atoms with Gasteiger partial charge in [0.25, 0.3) is 0 Å². The maximum atomic E-state index is 11.7. The number of ether oxygens (including phenoxy) is 2. The summed E-state index contributed by atoms with van der Waals surface area (Å²) in [5.41, 5.74) is 0.673. The first-order valence-electron chi connectivity index (χ1n) is 6.16. The second-order valence-corrected chi connectivity index (χ2v) is 4.20. The Labute approximate surface area is 112 Å². The Morgan fingerprint density at radius 2 is 1.95 bits per heavy atom. The molecule has 0 saturated heterocycles. The van der Waals surface area contributed by atoms with Crippen molar-refractivity contribution in [3.63, 3.8) is 0 Å². The maximum absolute atomic E-state index is 11.7. The molecule has 2 aromatic rings. The van der Waals surface area contributed by atoms with Crippen molar-refractivity contribution in [1.29, 1.82) is 0 Å². The molecule has 0 N–H and O–H groups in total. The van der Waals surface area contributed by atoms with E-state index < -0.39 is 0 Å². The first kappa shape index (κ1) is 13.4. The van der Waals surface area contributed by atoms with Gasteiger partial charge in [0.2, 0.25) is 0 Å². The molecular weight excluding hydrogens is 242 g/mol.